The monoisotopic (exact) mass is 220 g/mol. The summed E-state index contributed by atoms with van der Waals surface area (Å²) < 4.78 is 0. The molecule has 0 saturated carbocycles. The highest BCUT2D eigenvalue weighted by molar-refractivity contribution is 6.31. The highest BCUT2D eigenvalue weighted by atomic mass is 35.5. The molecular weight excluding hydrogens is 212 g/mol. The van der Waals surface area contributed by atoms with Crippen molar-refractivity contribution in [2.75, 3.05) is 0 Å². The number of aromatic amines is 1. The fourth-order valence-electron chi connectivity index (χ4n) is 1.40. The van der Waals surface area contributed by atoms with Crippen molar-refractivity contribution in [3.8, 4) is 0 Å². The minimum absolute atomic E-state index is 0.397. The van der Waals surface area contributed by atoms with Gasteiger partial charge in [-0.3, -0.25) is 9.78 Å². The Hall–Kier alpha value is -1.61. The summed E-state index contributed by atoms with van der Waals surface area (Å²) in [6.45, 7) is 0. The SMILES string of the molecule is O=Cc1cc(Cc2ccncc2)[nH]c1Cl. The van der Waals surface area contributed by atoms with Crippen LogP contribution in [0.15, 0.2) is 30.6 Å². The van der Waals surface area contributed by atoms with Crippen molar-refractivity contribution in [3.05, 3.63) is 52.6 Å². The number of nitrogens with zero attached hydrogens (tertiary/aromatic N) is 1. The van der Waals surface area contributed by atoms with Crippen molar-refractivity contribution in [1.82, 2.24) is 9.97 Å². The van der Waals surface area contributed by atoms with E-state index in [2.05, 4.69) is 9.97 Å². The summed E-state index contributed by atoms with van der Waals surface area (Å²) in [7, 11) is 0. The molecule has 3 nitrogen and oxygen atoms in total. The Morgan fingerprint density at radius 1 is 1.40 bits per heavy atom. The number of pyridine rings is 1. The molecule has 76 valence electrons. The Morgan fingerprint density at radius 3 is 2.73 bits per heavy atom. The summed E-state index contributed by atoms with van der Waals surface area (Å²) in [6.07, 6.45) is 4.94. The smallest absolute Gasteiger partial charge is 0.153 e. The van der Waals surface area contributed by atoms with Gasteiger partial charge >= 0.3 is 0 Å². The van der Waals surface area contributed by atoms with Gasteiger partial charge in [0.25, 0.3) is 0 Å². The van der Waals surface area contributed by atoms with Crippen LogP contribution >= 0.6 is 11.6 Å². The molecule has 0 aromatic carbocycles. The number of carbonyl (C=O) groups is 1. The number of hydrogen-bond donors (Lipinski definition) is 1. The maximum Gasteiger partial charge on any atom is 0.153 e. The second-order valence-electron chi connectivity index (χ2n) is 3.21. The Labute approximate surface area is 92.1 Å². The molecule has 4 heteroatoms. The third-order valence-corrected chi connectivity index (χ3v) is 2.44. The summed E-state index contributed by atoms with van der Waals surface area (Å²) >= 11 is 5.81. The molecule has 2 aromatic heterocycles. The lowest BCUT2D eigenvalue weighted by molar-refractivity contribution is 0.112. The first-order chi connectivity index (χ1) is 7.29. The standard InChI is InChI=1S/C11H9ClN2O/c12-11-9(7-15)6-10(14-11)5-8-1-3-13-4-2-8/h1-4,6-7,14H,5H2. The molecule has 0 saturated heterocycles. The third-order valence-electron chi connectivity index (χ3n) is 2.12. The second-order valence-corrected chi connectivity index (χ2v) is 3.59. The molecule has 0 radical (unpaired) electrons. The Bertz CT molecular complexity index is 465. The van der Waals surface area contributed by atoms with Gasteiger partial charge in [-0.15, -0.1) is 0 Å². The predicted molar refractivity (Wildman–Crippen MR) is 58.2 cm³/mol. The quantitative estimate of drug-likeness (QED) is 0.808. The number of aromatic nitrogens is 2. The van der Waals surface area contributed by atoms with E-state index >= 15 is 0 Å². The lowest BCUT2D eigenvalue weighted by Crippen LogP contribution is -1.87. The molecule has 0 aliphatic carbocycles. The molecular formula is C11H9ClN2O. The first kappa shape index (κ1) is 9.93. The van der Waals surface area contributed by atoms with Gasteiger partial charge in [0.2, 0.25) is 0 Å². The minimum Gasteiger partial charge on any atom is -0.349 e. The number of H-pyrrole nitrogens is 1. The third kappa shape index (κ3) is 2.25. The summed E-state index contributed by atoms with van der Waals surface area (Å²) in [6, 6.07) is 5.61. The zero-order chi connectivity index (χ0) is 10.7. The van der Waals surface area contributed by atoms with E-state index in [1.54, 1.807) is 18.5 Å². The van der Waals surface area contributed by atoms with Crippen molar-refractivity contribution < 1.29 is 4.79 Å². The van der Waals surface area contributed by atoms with Crippen LogP contribution in [-0.2, 0) is 6.42 Å². The van der Waals surface area contributed by atoms with Gasteiger partial charge in [0, 0.05) is 24.5 Å². The van der Waals surface area contributed by atoms with Crippen LogP contribution in [0.5, 0.6) is 0 Å². The van der Waals surface area contributed by atoms with Gasteiger partial charge in [-0.25, -0.2) is 0 Å². The average Bonchev–Trinajstić information content (AvgIpc) is 2.60. The largest absolute Gasteiger partial charge is 0.349 e. The molecule has 0 fully saturated rings. The number of nitrogens with one attached hydrogen (secondary N) is 1. The fourth-order valence-corrected chi connectivity index (χ4v) is 1.62. The van der Waals surface area contributed by atoms with E-state index in [9.17, 15) is 4.79 Å². The van der Waals surface area contributed by atoms with E-state index in [1.807, 2.05) is 12.1 Å². The van der Waals surface area contributed by atoms with Gasteiger partial charge < -0.3 is 4.98 Å². The maximum atomic E-state index is 10.6. The molecule has 1 N–H and O–H groups in total. The van der Waals surface area contributed by atoms with Crippen LogP contribution in [0.1, 0.15) is 21.6 Å². The second kappa shape index (κ2) is 4.28. The molecule has 0 bridgehead atoms. The Morgan fingerprint density at radius 2 is 2.13 bits per heavy atom. The predicted octanol–water partition coefficient (Wildman–Crippen LogP) is 2.47. The van der Waals surface area contributed by atoms with Crippen LogP contribution in [0, 0.1) is 0 Å². The van der Waals surface area contributed by atoms with E-state index < -0.39 is 0 Å². The van der Waals surface area contributed by atoms with Crippen LogP contribution < -0.4 is 0 Å². The number of rotatable bonds is 3. The Balaban J connectivity index is 2.21. The Kier molecular flexibility index (Phi) is 2.83. The highest BCUT2D eigenvalue weighted by Gasteiger charge is 2.05. The fraction of sp³-hybridized carbons (Fsp3) is 0.0909. The molecule has 0 spiro atoms. The number of aldehydes is 1. The normalized spacial score (nSPS) is 10.2. The van der Waals surface area contributed by atoms with E-state index in [4.69, 9.17) is 11.6 Å². The van der Waals surface area contributed by atoms with Gasteiger partial charge in [0.1, 0.15) is 5.15 Å². The van der Waals surface area contributed by atoms with Crippen molar-refractivity contribution in [3.63, 3.8) is 0 Å². The maximum absolute atomic E-state index is 10.6. The van der Waals surface area contributed by atoms with E-state index in [0.717, 1.165) is 24.0 Å². The lowest BCUT2D eigenvalue weighted by Gasteiger charge is -1.96. The molecule has 0 unspecified atom stereocenters. The van der Waals surface area contributed by atoms with Gasteiger partial charge in [-0.1, -0.05) is 11.6 Å². The zero-order valence-electron chi connectivity index (χ0n) is 7.90. The van der Waals surface area contributed by atoms with E-state index in [-0.39, 0.29) is 0 Å². The summed E-state index contributed by atoms with van der Waals surface area (Å²) in [5.41, 5.74) is 2.55. The number of halogens is 1. The van der Waals surface area contributed by atoms with E-state index in [1.165, 1.54) is 0 Å². The van der Waals surface area contributed by atoms with Crippen molar-refractivity contribution in [1.29, 1.82) is 0 Å². The van der Waals surface area contributed by atoms with Crippen LogP contribution in [0.3, 0.4) is 0 Å². The average molecular weight is 221 g/mol. The molecule has 2 aromatic rings. The highest BCUT2D eigenvalue weighted by Crippen LogP contribution is 2.16. The van der Waals surface area contributed by atoms with Crippen molar-refractivity contribution in [2.45, 2.75) is 6.42 Å². The first-order valence-electron chi connectivity index (χ1n) is 4.51. The molecule has 2 heterocycles. The van der Waals surface area contributed by atoms with Crippen molar-refractivity contribution in [2.24, 2.45) is 0 Å². The van der Waals surface area contributed by atoms with Gasteiger partial charge in [-0.2, -0.15) is 0 Å². The number of hydrogen-bond acceptors (Lipinski definition) is 2. The number of carbonyl (C=O) groups excluding carboxylic acids is 1. The molecule has 0 aliphatic heterocycles. The molecule has 0 amide bonds. The minimum atomic E-state index is 0.397. The van der Waals surface area contributed by atoms with Crippen LogP contribution in [-0.4, -0.2) is 16.3 Å². The summed E-state index contributed by atoms with van der Waals surface area (Å²) in [5, 5.41) is 0.397. The molecule has 0 atom stereocenters. The van der Waals surface area contributed by atoms with Crippen LogP contribution in [0.25, 0.3) is 0 Å². The van der Waals surface area contributed by atoms with Gasteiger partial charge in [0.15, 0.2) is 6.29 Å². The van der Waals surface area contributed by atoms with Crippen LogP contribution in [0.4, 0.5) is 0 Å². The summed E-state index contributed by atoms with van der Waals surface area (Å²) in [4.78, 5) is 17.5. The van der Waals surface area contributed by atoms with E-state index in [0.29, 0.717) is 10.7 Å². The van der Waals surface area contributed by atoms with Crippen molar-refractivity contribution >= 4 is 17.9 Å². The first-order valence-corrected chi connectivity index (χ1v) is 4.89. The topological polar surface area (TPSA) is 45.8 Å². The zero-order valence-corrected chi connectivity index (χ0v) is 8.66. The molecule has 2 rings (SSSR count). The molecule has 15 heavy (non-hydrogen) atoms. The van der Waals surface area contributed by atoms with Crippen LogP contribution in [0.2, 0.25) is 5.15 Å². The van der Waals surface area contributed by atoms with Gasteiger partial charge in [-0.05, 0) is 23.8 Å². The summed E-state index contributed by atoms with van der Waals surface area (Å²) in [5.74, 6) is 0. The molecule has 0 aliphatic rings. The van der Waals surface area contributed by atoms with Gasteiger partial charge in [0.05, 0.1) is 5.56 Å². The lowest BCUT2D eigenvalue weighted by atomic mass is 10.1.